The van der Waals surface area contributed by atoms with E-state index in [9.17, 15) is 8.42 Å². The van der Waals surface area contributed by atoms with Gasteiger partial charge < -0.3 is 9.73 Å². The maximum atomic E-state index is 10.9. The molecule has 1 unspecified atom stereocenters. The van der Waals surface area contributed by atoms with Gasteiger partial charge in [0.1, 0.15) is 11.5 Å². The fourth-order valence-electron chi connectivity index (χ4n) is 1.85. The van der Waals surface area contributed by atoms with Gasteiger partial charge in [0.05, 0.1) is 6.26 Å². The summed E-state index contributed by atoms with van der Waals surface area (Å²) in [6, 6.07) is 2.24. The lowest BCUT2D eigenvalue weighted by molar-refractivity contribution is 0.488. The van der Waals surface area contributed by atoms with Crippen LogP contribution in [0.5, 0.6) is 0 Å². The largest absolute Gasteiger partial charge is 0.466 e. The molecule has 18 heavy (non-hydrogen) atoms. The van der Waals surface area contributed by atoms with Crippen molar-refractivity contribution in [2.75, 3.05) is 19.3 Å². The minimum atomic E-state index is -3.07. The van der Waals surface area contributed by atoms with Crippen molar-refractivity contribution in [1.29, 1.82) is 0 Å². The number of rotatable bonds is 7. The molecule has 1 atom stereocenters. The summed E-state index contributed by atoms with van der Waals surface area (Å²) < 4.78 is 29.6. The van der Waals surface area contributed by atoms with E-state index in [0.29, 0.717) is 6.54 Å². The predicted molar refractivity (Wildman–Crippen MR) is 72.1 cm³/mol. The van der Waals surface area contributed by atoms with Gasteiger partial charge in [-0.15, -0.1) is 0 Å². The third-order valence-corrected chi connectivity index (χ3v) is 3.44. The molecule has 0 aliphatic rings. The zero-order valence-corrected chi connectivity index (χ0v) is 12.2. The lowest BCUT2D eigenvalue weighted by atomic mass is 10.1. The number of hydrogen-bond donors (Lipinski definition) is 2. The first-order valence-electron chi connectivity index (χ1n) is 6.04. The Morgan fingerprint density at radius 3 is 2.50 bits per heavy atom. The van der Waals surface area contributed by atoms with Crippen molar-refractivity contribution >= 4 is 10.0 Å². The molecule has 1 aromatic heterocycles. The molecule has 1 aromatic rings. The maximum Gasteiger partial charge on any atom is 0.208 e. The van der Waals surface area contributed by atoms with E-state index in [4.69, 9.17) is 4.42 Å². The molecule has 104 valence electrons. The predicted octanol–water partition coefficient (Wildman–Crippen LogP) is 1.49. The molecule has 1 heterocycles. The third kappa shape index (κ3) is 5.20. The molecule has 6 heteroatoms. The van der Waals surface area contributed by atoms with Gasteiger partial charge in [-0.05, 0) is 39.8 Å². The molecular weight excluding hydrogens is 252 g/mol. The van der Waals surface area contributed by atoms with Crippen LogP contribution >= 0.6 is 0 Å². The summed E-state index contributed by atoms with van der Waals surface area (Å²) in [5, 5.41) is 3.34. The van der Waals surface area contributed by atoms with E-state index in [1.54, 1.807) is 0 Å². The van der Waals surface area contributed by atoms with Crippen molar-refractivity contribution in [2.24, 2.45) is 0 Å². The van der Waals surface area contributed by atoms with Crippen molar-refractivity contribution in [2.45, 2.75) is 33.2 Å². The Morgan fingerprint density at radius 1 is 1.33 bits per heavy atom. The van der Waals surface area contributed by atoms with Crippen molar-refractivity contribution in [3.8, 4) is 0 Å². The van der Waals surface area contributed by atoms with E-state index in [2.05, 4.69) is 17.0 Å². The second-order valence-electron chi connectivity index (χ2n) is 4.56. The molecule has 0 spiro atoms. The monoisotopic (exact) mass is 274 g/mol. The summed E-state index contributed by atoms with van der Waals surface area (Å²) in [6.45, 7) is 7.17. The molecule has 0 saturated carbocycles. The van der Waals surface area contributed by atoms with Crippen LogP contribution in [0, 0.1) is 13.8 Å². The molecule has 0 radical (unpaired) electrons. The highest BCUT2D eigenvalue weighted by atomic mass is 32.2. The van der Waals surface area contributed by atoms with Gasteiger partial charge in [-0.25, -0.2) is 13.1 Å². The fourth-order valence-corrected chi connectivity index (χ4v) is 2.37. The smallest absolute Gasteiger partial charge is 0.208 e. The highest BCUT2D eigenvalue weighted by Crippen LogP contribution is 2.20. The Labute approximate surface area is 109 Å². The number of sulfonamides is 1. The van der Waals surface area contributed by atoms with Gasteiger partial charge in [-0.1, -0.05) is 0 Å². The van der Waals surface area contributed by atoms with Gasteiger partial charge in [0.2, 0.25) is 10.0 Å². The zero-order chi connectivity index (χ0) is 13.8. The van der Waals surface area contributed by atoms with Gasteiger partial charge in [-0.3, -0.25) is 0 Å². The van der Waals surface area contributed by atoms with Crippen LogP contribution in [0.2, 0.25) is 0 Å². The summed E-state index contributed by atoms with van der Waals surface area (Å²) in [6.07, 6.45) is 1.92. The van der Waals surface area contributed by atoms with Gasteiger partial charge in [0, 0.05) is 18.2 Å². The van der Waals surface area contributed by atoms with E-state index < -0.39 is 10.0 Å². The molecule has 2 N–H and O–H groups in total. The number of nitrogens with one attached hydrogen (secondary N) is 2. The molecule has 1 rings (SSSR count). The first-order chi connectivity index (χ1) is 8.29. The zero-order valence-electron chi connectivity index (χ0n) is 11.4. The van der Waals surface area contributed by atoms with E-state index in [1.807, 2.05) is 19.9 Å². The standard InChI is InChI=1S/C12H22N2O3S/c1-9-8-12(11(3)17-9)10(2)13-6-5-7-14-18(4,15)16/h8,10,13-14H,5-7H2,1-4H3. The molecule has 0 aliphatic heterocycles. The van der Waals surface area contributed by atoms with E-state index >= 15 is 0 Å². The number of aryl methyl sites for hydroxylation is 2. The van der Waals surface area contributed by atoms with Crippen molar-refractivity contribution < 1.29 is 12.8 Å². The van der Waals surface area contributed by atoms with Crippen molar-refractivity contribution in [1.82, 2.24) is 10.0 Å². The normalized spacial score (nSPS) is 13.8. The molecule has 0 aliphatic carbocycles. The average molecular weight is 274 g/mol. The molecule has 0 bridgehead atoms. The highest BCUT2D eigenvalue weighted by molar-refractivity contribution is 7.88. The minimum absolute atomic E-state index is 0.209. The topological polar surface area (TPSA) is 71.3 Å². The van der Waals surface area contributed by atoms with Gasteiger partial charge >= 0.3 is 0 Å². The molecule has 0 fully saturated rings. The first-order valence-corrected chi connectivity index (χ1v) is 7.93. The number of hydrogen-bond acceptors (Lipinski definition) is 4. The second-order valence-corrected chi connectivity index (χ2v) is 6.40. The van der Waals surface area contributed by atoms with Gasteiger partial charge in [0.15, 0.2) is 0 Å². The summed E-state index contributed by atoms with van der Waals surface area (Å²) in [7, 11) is -3.07. The SMILES string of the molecule is Cc1cc(C(C)NCCCNS(C)(=O)=O)c(C)o1. The van der Waals surface area contributed by atoms with E-state index in [1.165, 1.54) is 6.26 Å². The quantitative estimate of drug-likeness (QED) is 0.739. The highest BCUT2D eigenvalue weighted by Gasteiger charge is 2.11. The van der Waals surface area contributed by atoms with Crippen LogP contribution in [0.4, 0.5) is 0 Å². The Kier molecular flexibility index (Phi) is 5.37. The summed E-state index contributed by atoms with van der Waals surface area (Å²) in [5.74, 6) is 1.84. The molecule has 5 nitrogen and oxygen atoms in total. The van der Waals surface area contributed by atoms with E-state index in [-0.39, 0.29) is 6.04 Å². The van der Waals surface area contributed by atoms with Crippen LogP contribution in [-0.4, -0.2) is 27.8 Å². The molecule has 0 aromatic carbocycles. The Bertz CT molecular complexity index is 480. The van der Waals surface area contributed by atoms with Crippen LogP contribution in [0.3, 0.4) is 0 Å². The fraction of sp³-hybridized carbons (Fsp3) is 0.667. The molecule has 0 saturated heterocycles. The van der Waals surface area contributed by atoms with Crippen molar-refractivity contribution in [3.63, 3.8) is 0 Å². The Hall–Kier alpha value is -0.850. The average Bonchev–Trinajstić information content (AvgIpc) is 2.55. The van der Waals surface area contributed by atoms with Crippen LogP contribution in [0.15, 0.2) is 10.5 Å². The van der Waals surface area contributed by atoms with E-state index in [0.717, 1.165) is 30.0 Å². The maximum absolute atomic E-state index is 10.9. The number of furan rings is 1. The van der Waals surface area contributed by atoms with Gasteiger partial charge in [-0.2, -0.15) is 0 Å². The summed E-state index contributed by atoms with van der Waals surface area (Å²) in [4.78, 5) is 0. The molecule has 0 amide bonds. The summed E-state index contributed by atoms with van der Waals surface area (Å²) in [5.41, 5.74) is 1.16. The van der Waals surface area contributed by atoms with Crippen LogP contribution in [-0.2, 0) is 10.0 Å². The van der Waals surface area contributed by atoms with Crippen LogP contribution in [0.1, 0.15) is 36.5 Å². The third-order valence-electron chi connectivity index (χ3n) is 2.71. The Balaban J connectivity index is 2.30. The second kappa shape index (κ2) is 6.36. The first kappa shape index (κ1) is 15.2. The van der Waals surface area contributed by atoms with Crippen molar-refractivity contribution in [3.05, 3.63) is 23.2 Å². The minimum Gasteiger partial charge on any atom is -0.466 e. The van der Waals surface area contributed by atoms with Crippen LogP contribution in [0.25, 0.3) is 0 Å². The van der Waals surface area contributed by atoms with Gasteiger partial charge in [0.25, 0.3) is 0 Å². The lowest BCUT2D eigenvalue weighted by Gasteiger charge is -2.12. The summed E-state index contributed by atoms with van der Waals surface area (Å²) >= 11 is 0. The Morgan fingerprint density at radius 2 is 2.00 bits per heavy atom. The molecular formula is C12H22N2O3S. The van der Waals surface area contributed by atoms with Crippen LogP contribution < -0.4 is 10.0 Å². The lowest BCUT2D eigenvalue weighted by Crippen LogP contribution is -2.27.